The largest absolute Gasteiger partial charge is 0.313 e. The number of nitrogens with zero attached hydrogens (tertiary/aromatic N) is 4. The van der Waals surface area contributed by atoms with Crippen molar-refractivity contribution in [1.29, 1.82) is 0 Å². The zero-order valence-corrected chi connectivity index (χ0v) is 11.3. The lowest BCUT2D eigenvalue weighted by Gasteiger charge is -2.03. The Morgan fingerprint density at radius 1 is 1.33 bits per heavy atom. The number of halogens is 1. The third kappa shape index (κ3) is 3.05. The molecule has 0 aliphatic rings. The van der Waals surface area contributed by atoms with Crippen LogP contribution in [0.3, 0.4) is 0 Å². The van der Waals surface area contributed by atoms with Crippen molar-refractivity contribution < 1.29 is 0 Å². The van der Waals surface area contributed by atoms with Crippen LogP contribution in [0.5, 0.6) is 0 Å². The maximum Gasteiger partial charge on any atom is 0.250 e. The Labute approximate surface area is 111 Å². The number of aromatic nitrogens is 4. The zero-order chi connectivity index (χ0) is 13.0. The van der Waals surface area contributed by atoms with Crippen molar-refractivity contribution in [2.75, 3.05) is 6.54 Å². The molecule has 0 unspecified atom stereocenters. The first kappa shape index (κ1) is 13.0. The van der Waals surface area contributed by atoms with E-state index in [9.17, 15) is 0 Å². The second kappa shape index (κ2) is 5.93. The van der Waals surface area contributed by atoms with E-state index in [0.717, 1.165) is 30.8 Å². The molecule has 6 heteroatoms. The van der Waals surface area contributed by atoms with Gasteiger partial charge in [0.1, 0.15) is 0 Å². The van der Waals surface area contributed by atoms with Crippen molar-refractivity contribution in [1.82, 2.24) is 25.1 Å². The third-order valence-electron chi connectivity index (χ3n) is 2.49. The number of nitrogens with one attached hydrogen (secondary N) is 1. The smallest absolute Gasteiger partial charge is 0.250 e. The molecule has 0 aromatic carbocycles. The molecule has 0 amide bonds. The molecule has 0 atom stereocenters. The molecular weight excluding hydrogens is 250 g/mol. The van der Waals surface area contributed by atoms with Crippen molar-refractivity contribution in [3.63, 3.8) is 0 Å². The van der Waals surface area contributed by atoms with E-state index in [4.69, 9.17) is 11.6 Å². The van der Waals surface area contributed by atoms with Gasteiger partial charge in [-0.05, 0) is 19.9 Å². The van der Waals surface area contributed by atoms with Crippen LogP contribution in [0.4, 0.5) is 0 Å². The number of hydrogen-bond acceptors (Lipinski definition) is 4. The molecule has 96 valence electrons. The lowest BCUT2D eigenvalue weighted by molar-refractivity contribution is 0.669. The third-order valence-corrected chi connectivity index (χ3v) is 2.86. The van der Waals surface area contributed by atoms with Crippen molar-refractivity contribution in [3.8, 4) is 5.95 Å². The highest BCUT2D eigenvalue weighted by atomic mass is 35.5. The quantitative estimate of drug-likeness (QED) is 0.842. The molecular formula is C12H16ClN5. The van der Waals surface area contributed by atoms with Crippen molar-refractivity contribution in [2.24, 2.45) is 0 Å². The highest BCUT2D eigenvalue weighted by molar-refractivity contribution is 6.31. The second-order valence-corrected chi connectivity index (χ2v) is 4.48. The van der Waals surface area contributed by atoms with Crippen LogP contribution in [0, 0.1) is 6.92 Å². The maximum absolute atomic E-state index is 5.95. The van der Waals surface area contributed by atoms with Crippen LogP contribution in [0.15, 0.2) is 18.6 Å². The Morgan fingerprint density at radius 3 is 2.61 bits per heavy atom. The van der Waals surface area contributed by atoms with Gasteiger partial charge in [0.15, 0.2) is 0 Å². The fourth-order valence-electron chi connectivity index (χ4n) is 1.51. The van der Waals surface area contributed by atoms with E-state index in [1.54, 1.807) is 23.3 Å². The number of rotatable bonds is 5. The Morgan fingerprint density at radius 2 is 2.06 bits per heavy atom. The van der Waals surface area contributed by atoms with Crippen LogP contribution in [0.25, 0.3) is 5.95 Å². The molecule has 2 rings (SSSR count). The van der Waals surface area contributed by atoms with E-state index in [1.807, 2.05) is 6.92 Å². The summed E-state index contributed by atoms with van der Waals surface area (Å²) in [4.78, 5) is 8.55. The van der Waals surface area contributed by atoms with Gasteiger partial charge in [0.05, 0.1) is 16.9 Å². The molecule has 0 radical (unpaired) electrons. The Kier molecular flexibility index (Phi) is 4.28. The van der Waals surface area contributed by atoms with Crippen molar-refractivity contribution in [3.05, 3.63) is 34.9 Å². The lowest BCUT2D eigenvalue weighted by atomic mass is 10.3. The van der Waals surface area contributed by atoms with Crippen LogP contribution >= 0.6 is 11.6 Å². The zero-order valence-electron chi connectivity index (χ0n) is 10.5. The molecule has 1 N–H and O–H groups in total. The fraction of sp³-hybridized carbons (Fsp3) is 0.417. The van der Waals surface area contributed by atoms with E-state index >= 15 is 0 Å². The highest BCUT2D eigenvalue weighted by Gasteiger charge is 2.06. The topological polar surface area (TPSA) is 55.6 Å². The molecule has 0 spiro atoms. The molecule has 18 heavy (non-hydrogen) atoms. The normalized spacial score (nSPS) is 10.8. The molecule has 0 saturated carbocycles. The van der Waals surface area contributed by atoms with Gasteiger partial charge in [0.25, 0.3) is 0 Å². The molecule has 0 saturated heterocycles. The van der Waals surface area contributed by atoms with Gasteiger partial charge in [0, 0.05) is 24.5 Å². The molecule has 0 fully saturated rings. The molecule has 2 aromatic heterocycles. The molecule has 0 aliphatic heterocycles. The minimum atomic E-state index is 0.532. The average molecular weight is 266 g/mol. The van der Waals surface area contributed by atoms with Crippen molar-refractivity contribution in [2.45, 2.75) is 26.8 Å². The number of hydrogen-bond donors (Lipinski definition) is 1. The maximum atomic E-state index is 5.95. The van der Waals surface area contributed by atoms with Crippen LogP contribution in [-0.2, 0) is 6.54 Å². The van der Waals surface area contributed by atoms with E-state index in [1.165, 1.54) is 0 Å². The van der Waals surface area contributed by atoms with Crippen molar-refractivity contribution >= 4 is 11.6 Å². The Hall–Kier alpha value is -1.46. The van der Waals surface area contributed by atoms with E-state index < -0.39 is 0 Å². The van der Waals surface area contributed by atoms with Crippen LogP contribution in [0.2, 0.25) is 5.02 Å². The summed E-state index contributed by atoms with van der Waals surface area (Å²) in [5, 5.41) is 8.15. The summed E-state index contributed by atoms with van der Waals surface area (Å²) in [7, 11) is 0. The predicted molar refractivity (Wildman–Crippen MR) is 70.9 cm³/mol. The molecule has 5 nitrogen and oxygen atoms in total. The highest BCUT2D eigenvalue weighted by Crippen LogP contribution is 2.13. The summed E-state index contributed by atoms with van der Waals surface area (Å²) in [5.74, 6) is 0.532. The lowest BCUT2D eigenvalue weighted by Crippen LogP contribution is -2.14. The first-order valence-electron chi connectivity index (χ1n) is 5.94. The Bertz CT molecular complexity index is 486. The van der Waals surface area contributed by atoms with E-state index in [2.05, 4.69) is 27.3 Å². The summed E-state index contributed by atoms with van der Waals surface area (Å²) < 4.78 is 1.58. The summed E-state index contributed by atoms with van der Waals surface area (Å²) in [6.45, 7) is 5.76. The van der Waals surface area contributed by atoms with E-state index in [0.29, 0.717) is 11.0 Å². The molecule has 0 aliphatic carbocycles. The fourth-order valence-corrected chi connectivity index (χ4v) is 1.64. The minimum Gasteiger partial charge on any atom is -0.313 e. The summed E-state index contributed by atoms with van der Waals surface area (Å²) >= 11 is 5.95. The molecule has 0 bridgehead atoms. The van der Waals surface area contributed by atoms with Gasteiger partial charge in [-0.15, -0.1) is 0 Å². The summed E-state index contributed by atoms with van der Waals surface area (Å²) in [5.41, 5.74) is 1.83. The van der Waals surface area contributed by atoms with E-state index in [-0.39, 0.29) is 0 Å². The summed E-state index contributed by atoms with van der Waals surface area (Å²) in [6, 6.07) is 0. The SMILES string of the molecule is CCCNCc1cnc(-n2cc(Cl)c(C)n2)nc1. The number of aryl methyl sites for hydroxylation is 1. The van der Waals surface area contributed by atoms with Crippen LogP contribution in [0.1, 0.15) is 24.6 Å². The van der Waals surface area contributed by atoms with Gasteiger partial charge in [-0.2, -0.15) is 5.10 Å². The second-order valence-electron chi connectivity index (χ2n) is 4.08. The molecule has 2 heterocycles. The van der Waals surface area contributed by atoms with Gasteiger partial charge in [-0.1, -0.05) is 18.5 Å². The average Bonchev–Trinajstić information content (AvgIpc) is 2.71. The van der Waals surface area contributed by atoms with Gasteiger partial charge in [-0.3, -0.25) is 0 Å². The monoisotopic (exact) mass is 265 g/mol. The van der Waals surface area contributed by atoms with Crippen LogP contribution < -0.4 is 5.32 Å². The van der Waals surface area contributed by atoms with Gasteiger partial charge in [-0.25, -0.2) is 14.6 Å². The summed E-state index contributed by atoms with van der Waals surface area (Å²) in [6.07, 6.45) is 6.43. The Balaban J connectivity index is 2.07. The molecule has 2 aromatic rings. The van der Waals surface area contributed by atoms with Gasteiger partial charge >= 0.3 is 0 Å². The van der Waals surface area contributed by atoms with Crippen LogP contribution in [-0.4, -0.2) is 26.3 Å². The standard InChI is InChI=1S/C12H16ClN5/c1-3-4-14-5-10-6-15-12(16-7-10)18-8-11(13)9(2)17-18/h6-8,14H,3-5H2,1-2H3. The predicted octanol–water partition coefficient (Wildman–Crippen LogP) is 2.12. The first-order valence-corrected chi connectivity index (χ1v) is 6.32. The van der Waals surface area contributed by atoms with Gasteiger partial charge < -0.3 is 5.32 Å². The minimum absolute atomic E-state index is 0.532. The first-order chi connectivity index (χ1) is 8.70. The van der Waals surface area contributed by atoms with Gasteiger partial charge in [0.2, 0.25) is 5.95 Å².